The number of nitrogens with zero attached hydrogens (tertiary/aromatic N) is 4. The van der Waals surface area contributed by atoms with Crippen molar-refractivity contribution in [1.29, 1.82) is 0 Å². The summed E-state index contributed by atoms with van der Waals surface area (Å²) in [5, 5.41) is 3.43. The van der Waals surface area contributed by atoms with Crippen molar-refractivity contribution >= 4 is 45.4 Å². The van der Waals surface area contributed by atoms with E-state index >= 15 is 0 Å². The van der Waals surface area contributed by atoms with E-state index in [4.69, 9.17) is 5.73 Å². The number of hydrogen-bond acceptors (Lipinski definition) is 6. The lowest BCUT2D eigenvalue weighted by Crippen LogP contribution is -2.23. The number of imidazole rings is 1. The highest BCUT2D eigenvalue weighted by molar-refractivity contribution is 14.1. The van der Waals surface area contributed by atoms with Gasteiger partial charge in [0.05, 0.1) is 0 Å². The Hall–Kier alpha value is -2.14. The Kier molecular flexibility index (Phi) is 6.52. The van der Waals surface area contributed by atoms with Gasteiger partial charge in [0.2, 0.25) is 0 Å². The van der Waals surface area contributed by atoms with Crippen LogP contribution in [0.1, 0.15) is 54.0 Å². The van der Waals surface area contributed by atoms with Crippen LogP contribution in [0.2, 0.25) is 0 Å². The van der Waals surface area contributed by atoms with E-state index < -0.39 is 6.08 Å². The summed E-state index contributed by atoms with van der Waals surface area (Å²) in [4.78, 5) is 24.5. The lowest BCUT2D eigenvalue weighted by atomic mass is 10.0. The van der Waals surface area contributed by atoms with Gasteiger partial charge >= 0.3 is 6.08 Å². The normalized spacial score (nSPS) is 13.5. The van der Waals surface area contributed by atoms with E-state index in [1.54, 1.807) is 0 Å². The van der Waals surface area contributed by atoms with E-state index in [0.717, 1.165) is 45.5 Å². The van der Waals surface area contributed by atoms with Crippen molar-refractivity contribution in [3.05, 3.63) is 44.3 Å². The number of benzene rings is 1. The van der Waals surface area contributed by atoms with Gasteiger partial charge in [-0.15, -0.1) is 0 Å². The van der Waals surface area contributed by atoms with Gasteiger partial charge in [-0.3, -0.25) is 4.79 Å². The summed E-state index contributed by atoms with van der Waals surface area (Å²) in [5.41, 5.74) is 9.68. The Morgan fingerprint density at radius 1 is 1.23 bits per heavy atom. The molecule has 2 heterocycles. The number of nitrogens with two attached hydrogens (primary N) is 1. The zero-order valence-electron chi connectivity index (χ0n) is 17.7. The van der Waals surface area contributed by atoms with Gasteiger partial charge in [0.15, 0.2) is 22.8 Å². The molecule has 3 N–H and O–H groups in total. The maximum Gasteiger partial charge on any atom is 0.312 e. The molecule has 1 aromatic carbocycles. The molecule has 4 rings (SSSR count). The third-order valence-corrected chi connectivity index (χ3v) is 6.63. The van der Waals surface area contributed by atoms with Crippen LogP contribution < -0.4 is 11.1 Å². The Morgan fingerprint density at radius 3 is 2.81 bits per heavy atom. The largest absolute Gasteiger partial charge is 0.382 e. The smallest absolute Gasteiger partial charge is 0.312 e. The molecule has 0 unspecified atom stereocenters. The Labute approximate surface area is 194 Å². The molecule has 0 amide bonds. The van der Waals surface area contributed by atoms with Crippen molar-refractivity contribution in [2.45, 2.75) is 46.1 Å². The molecule has 0 atom stereocenters. The van der Waals surface area contributed by atoms with Crippen LogP contribution in [0.3, 0.4) is 0 Å². The van der Waals surface area contributed by atoms with E-state index in [0.29, 0.717) is 43.0 Å². The molecule has 31 heavy (non-hydrogen) atoms. The van der Waals surface area contributed by atoms with Crippen molar-refractivity contribution in [2.75, 3.05) is 18.8 Å². The molecule has 0 radical (unpaired) electrons. The second-order valence-corrected chi connectivity index (χ2v) is 9.53. The first-order valence-corrected chi connectivity index (χ1v) is 11.6. The number of halogens is 2. The summed E-state index contributed by atoms with van der Waals surface area (Å²) in [6, 6.07) is 4.07. The molecule has 1 aliphatic carbocycles. The fourth-order valence-electron chi connectivity index (χ4n) is 3.93. The van der Waals surface area contributed by atoms with Crippen LogP contribution in [0.5, 0.6) is 0 Å². The molecule has 0 saturated heterocycles. The molecule has 9 heteroatoms. The number of fused-ring (bicyclic) bond motifs is 2. The van der Waals surface area contributed by atoms with Crippen molar-refractivity contribution < 1.29 is 9.18 Å². The van der Waals surface area contributed by atoms with Crippen LogP contribution in [0.15, 0.2) is 12.1 Å². The minimum Gasteiger partial charge on any atom is -0.382 e. The quantitative estimate of drug-likeness (QED) is 0.260. The maximum absolute atomic E-state index is 13.9. The third-order valence-electron chi connectivity index (χ3n) is 5.63. The summed E-state index contributed by atoms with van der Waals surface area (Å²) in [5.74, 6) is 1.58. The van der Waals surface area contributed by atoms with E-state index in [1.807, 2.05) is 10.6 Å². The minimum absolute atomic E-state index is 0.0362. The molecule has 2 aromatic heterocycles. The number of hydrogen-bond donors (Lipinski definition) is 2. The standard InChI is InChI=1S/C22H26FIN6O/c1-12(2)5-6-26-7-8-30-18(27-19-20(25)28-22(23)29-21(19)30)11-14-9-15-13(10-16(14)24)3-4-17(15)31/h9-10,12,26H,3-8,11H2,1-2H3,(H2,25,28,29). The summed E-state index contributed by atoms with van der Waals surface area (Å²) >= 11 is 2.30. The number of anilines is 1. The van der Waals surface area contributed by atoms with Gasteiger partial charge in [0.25, 0.3) is 0 Å². The SMILES string of the molecule is CC(C)CCNCCn1c(Cc2cc3c(cc2I)CCC3=O)nc2c(N)nc(F)nc21. The van der Waals surface area contributed by atoms with Gasteiger partial charge < -0.3 is 15.6 Å². The number of nitrogens with one attached hydrogen (secondary N) is 1. The molecule has 0 fully saturated rings. The van der Waals surface area contributed by atoms with E-state index in [9.17, 15) is 9.18 Å². The van der Waals surface area contributed by atoms with Crippen molar-refractivity contribution in [2.24, 2.45) is 5.92 Å². The highest BCUT2D eigenvalue weighted by Crippen LogP contribution is 2.29. The summed E-state index contributed by atoms with van der Waals surface area (Å²) in [6.45, 7) is 6.58. The molecule has 0 saturated carbocycles. The van der Waals surface area contributed by atoms with Crippen molar-refractivity contribution in [3.63, 3.8) is 0 Å². The fourth-order valence-corrected chi connectivity index (χ4v) is 4.65. The highest BCUT2D eigenvalue weighted by Gasteiger charge is 2.23. The third kappa shape index (κ3) is 4.72. The Bertz CT molecular complexity index is 1140. The van der Waals surface area contributed by atoms with Crippen molar-refractivity contribution in [3.8, 4) is 0 Å². The van der Waals surface area contributed by atoms with Crippen LogP contribution in [0, 0.1) is 15.6 Å². The number of carbonyl (C=O) groups excluding carboxylic acids is 1. The number of nitrogen functional groups attached to an aromatic ring is 1. The zero-order valence-corrected chi connectivity index (χ0v) is 19.9. The Balaban J connectivity index is 1.66. The van der Waals surface area contributed by atoms with E-state index in [-0.39, 0.29) is 11.6 Å². The van der Waals surface area contributed by atoms with Gasteiger partial charge in [0, 0.05) is 35.1 Å². The molecular weight excluding hydrogens is 510 g/mol. The average molecular weight is 536 g/mol. The lowest BCUT2D eigenvalue weighted by molar-refractivity contribution is 0.0994. The van der Waals surface area contributed by atoms with Crippen LogP contribution in [-0.4, -0.2) is 38.4 Å². The first-order chi connectivity index (χ1) is 14.8. The van der Waals surface area contributed by atoms with Gasteiger partial charge in [-0.05, 0) is 71.2 Å². The average Bonchev–Trinajstić information content (AvgIpc) is 3.22. The molecule has 1 aliphatic rings. The van der Waals surface area contributed by atoms with Gasteiger partial charge in [0.1, 0.15) is 5.82 Å². The molecule has 3 aromatic rings. The number of carbonyl (C=O) groups is 1. The number of rotatable bonds is 8. The molecule has 0 spiro atoms. The number of Topliss-reactive ketones (excluding diaryl/α,β-unsaturated/α-hetero) is 1. The topological polar surface area (TPSA) is 98.7 Å². The first-order valence-electron chi connectivity index (χ1n) is 10.6. The second-order valence-electron chi connectivity index (χ2n) is 8.36. The van der Waals surface area contributed by atoms with Gasteiger partial charge in [-0.1, -0.05) is 13.8 Å². The Morgan fingerprint density at radius 2 is 2.03 bits per heavy atom. The second kappa shape index (κ2) is 9.15. The molecule has 0 aliphatic heterocycles. The molecule has 164 valence electrons. The van der Waals surface area contributed by atoms with Gasteiger partial charge in [-0.25, -0.2) is 4.98 Å². The van der Waals surface area contributed by atoms with Crippen molar-refractivity contribution in [1.82, 2.24) is 24.8 Å². The highest BCUT2D eigenvalue weighted by atomic mass is 127. The zero-order chi connectivity index (χ0) is 22.1. The van der Waals surface area contributed by atoms with E-state index in [1.165, 1.54) is 0 Å². The summed E-state index contributed by atoms with van der Waals surface area (Å²) in [7, 11) is 0. The molecule has 7 nitrogen and oxygen atoms in total. The summed E-state index contributed by atoms with van der Waals surface area (Å²) < 4.78 is 16.9. The number of ketones is 1. The predicted octanol–water partition coefficient (Wildman–Crippen LogP) is 3.51. The number of aryl methyl sites for hydroxylation is 1. The van der Waals surface area contributed by atoms with Crippen LogP contribution in [0.25, 0.3) is 11.2 Å². The van der Waals surface area contributed by atoms with Crippen LogP contribution in [-0.2, 0) is 19.4 Å². The van der Waals surface area contributed by atoms with Gasteiger partial charge in [-0.2, -0.15) is 14.4 Å². The fraction of sp³-hybridized carbons (Fsp3) is 0.455. The predicted molar refractivity (Wildman–Crippen MR) is 127 cm³/mol. The molecular formula is C22H26FIN6O. The van der Waals surface area contributed by atoms with Crippen LogP contribution >= 0.6 is 22.6 Å². The molecule has 0 bridgehead atoms. The van der Waals surface area contributed by atoms with Crippen LogP contribution in [0.4, 0.5) is 10.2 Å². The minimum atomic E-state index is -0.858. The number of aromatic nitrogens is 4. The summed E-state index contributed by atoms with van der Waals surface area (Å²) in [6.07, 6.45) is 2.10. The maximum atomic E-state index is 13.9. The lowest BCUT2D eigenvalue weighted by Gasteiger charge is -2.12. The monoisotopic (exact) mass is 536 g/mol. The van der Waals surface area contributed by atoms with E-state index in [2.05, 4.69) is 62.8 Å². The first kappa shape index (κ1) is 22.1.